The fourth-order valence-corrected chi connectivity index (χ4v) is 5.25. The standard InChI is InChI=1S/C28H32N4O/c1-18(31-24-13-11-23(29)12-14-24)20-9-10-21-16-27(28(30)33)32(26(21)15-20)17-22-7-4-6-19-5-2-3-8-25(19)22/h2-10,15-16,18,23-24,31H,11-14,17,29H2,1H3,(H2,30,33). The zero-order chi connectivity index (χ0) is 22.9. The molecule has 4 aromatic rings. The lowest BCUT2D eigenvalue weighted by Crippen LogP contribution is -2.38. The second-order valence-electron chi connectivity index (χ2n) is 9.44. The maximum absolute atomic E-state index is 12.3. The Labute approximate surface area is 194 Å². The van der Waals surface area contributed by atoms with E-state index >= 15 is 0 Å². The average Bonchev–Trinajstić information content (AvgIpc) is 3.19. The third-order valence-corrected chi connectivity index (χ3v) is 7.15. The summed E-state index contributed by atoms with van der Waals surface area (Å²) in [6, 6.07) is 24.1. The van der Waals surface area contributed by atoms with Crippen molar-refractivity contribution in [1.29, 1.82) is 0 Å². The van der Waals surface area contributed by atoms with E-state index in [1.54, 1.807) is 0 Å². The van der Waals surface area contributed by atoms with Crippen molar-refractivity contribution in [2.75, 3.05) is 0 Å². The van der Waals surface area contributed by atoms with Gasteiger partial charge in [0.05, 0.1) is 0 Å². The van der Waals surface area contributed by atoms with Gasteiger partial charge in [-0.3, -0.25) is 4.79 Å². The lowest BCUT2D eigenvalue weighted by atomic mass is 9.91. The summed E-state index contributed by atoms with van der Waals surface area (Å²) in [6.45, 7) is 2.80. The van der Waals surface area contributed by atoms with Crippen LogP contribution in [0.1, 0.15) is 60.3 Å². The van der Waals surface area contributed by atoms with E-state index in [1.165, 1.54) is 21.9 Å². The molecule has 5 N–H and O–H groups in total. The summed E-state index contributed by atoms with van der Waals surface area (Å²) in [7, 11) is 0. The number of primary amides is 1. The van der Waals surface area contributed by atoms with Crippen molar-refractivity contribution in [1.82, 2.24) is 9.88 Å². The number of benzene rings is 3. The Bertz CT molecular complexity index is 1290. The first-order chi connectivity index (χ1) is 16.0. The van der Waals surface area contributed by atoms with E-state index in [0.717, 1.165) is 36.6 Å². The quantitative estimate of drug-likeness (QED) is 0.400. The van der Waals surface area contributed by atoms with Crippen molar-refractivity contribution >= 4 is 27.6 Å². The largest absolute Gasteiger partial charge is 0.364 e. The van der Waals surface area contributed by atoms with Crippen LogP contribution in [0, 0.1) is 0 Å². The van der Waals surface area contributed by atoms with Gasteiger partial charge in [-0.05, 0) is 66.6 Å². The molecule has 0 spiro atoms. The van der Waals surface area contributed by atoms with Crippen LogP contribution in [0.3, 0.4) is 0 Å². The van der Waals surface area contributed by atoms with E-state index in [9.17, 15) is 4.79 Å². The molecule has 5 nitrogen and oxygen atoms in total. The molecule has 0 bridgehead atoms. The molecule has 1 amide bonds. The minimum atomic E-state index is -0.405. The SMILES string of the molecule is CC(NC1CCC(N)CC1)c1ccc2cc(C(N)=O)n(Cc3cccc4ccccc34)c2c1. The Morgan fingerprint density at radius 1 is 1.00 bits per heavy atom. The fraction of sp³-hybridized carbons (Fsp3) is 0.321. The van der Waals surface area contributed by atoms with Gasteiger partial charge >= 0.3 is 0 Å². The molecule has 1 aliphatic carbocycles. The van der Waals surface area contributed by atoms with Gasteiger partial charge in [0.2, 0.25) is 0 Å². The summed E-state index contributed by atoms with van der Waals surface area (Å²) in [4.78, 5) is 12.3. The van der Waals surface area contributed by atoms with E-state index in [4.69, 9.17) is 11.5 Å². The molecule has 1 saturated carbocycles. The Hall–Kier alpha value is -3.15. The van der Waals surface area contributed by atoms with Crippen molar-refractivity contribution < 1.29 is 4.79 Å². The van der Waals surface area contributed by atoms with E-state index in [-0.39, 0.29) is 6.04 Å². The zero-order valence-electron chi connectivity index (χ0n) is 19.1. The lowest BCUT2D eigenvalue weighted by molar-refractivity contribution is 0.0992. The smallest absolute Gasteiger partial charge is 0.265 e. The molecule has 1 unspecified atom stereocenters. The van der Waals surface area contributed by atoms with Gasteiger partial charge in [-0.25, -0.2) is 0 Å². The van der Waals surface area contributed by atoms with Crippen LogP contribution in [-0.2, 0) is 6.54 Å². The number of amides is 1. The maximum Gasteiger partial charge on any atom is 0.265 e. The lowest BCUT2D eigenvalue weighted by Gasteiger charge is -2.29. The summed E-state index contributed by atoms with van der Waals surface area (Å²) in [5, 5.41) is 7.20. The third-order valence-electron chi connectivity index (χ3n) is 7.15. The van der Waals surface area contributed by atoms with Crippen molar-refractivity contribution in [3.05, 3.63) is 83.6 Å². The zero-order valence-corrected chi connectivity index (χ0v) is 19.1. The molecule has 0 radical (unpaired) electrons. The summed E-state index contributed by atoms with van der Waals surface area (Å²) in [5.74, 6) is -0.405. The number of aromatic nitrogens is 1. The Kier molecular flexibility index (Phi) is 5.92. The first-order valence-corrected chi connectivity index (χ1v) is 11.9. The second-order valence-corrected chi connectivity index (χ2v) is 9.44. The van der Waals surface area contributed by atoms with Crippen LogP contribution in [0.25, 0.3) is 21.7 Å². The average molecular weight is 441 g/mol. The van der Waals surface area contributed by atoms with E-state index in [1.807, 2.05) is 12.1 Å². The Balaban J connectivity index is 1.50. The molecule has 5 heteroatoms. The van der Waals surface area contributed by atoms with Gasteiger partial charge in [-0.2, -0.15) is 0 Å². The molecule has 0 saturated heterocycles. The third kappa shape index (κ3) is 4.39. The number of hydrogen-bond donors (Lipinski definition) is 3. The molecule has 1 heterocycles. The molecule has 170 valence electrons. The van der Waals surface area contributed by atoms with Crippen LogP contribution in [0.5, 0.6) is 0 Å². The molecular weight excluding hydrogens is 408 g/mol. The van der Waals surface area contributed by atoms with Crippen molar-refractivity contribution in [2.24, 2.45) is 11.5 Å². The number of nitrogens with two attached hydrogens (primary N) is 2. The number of nitrogens with one attached hydrogen (secondary N) is 1. The van der Waals surface area contributed by atoms with Gasteiger partial charge in [0.15, 0.2) is 0 Å². The molecule has 3 aromatic carbocycles. The fourth-order valence-electron chi connectivity index (χ4n) is 5.25. The van der Waals surface area contributed by atoms with Crippen molar-refractivity contribution in [2.45, 2.75) is 57.3 Å². The van der Waals surface area contributed by atoms with Crippen LogP contribution in [0.15, 0.2) is 66.7 Å². The molecule has 5 rings (SSSR count). The van der Waals surface area contributed by atoms with E-state index < -0.39 is 5.91 Å². The summed E-state index contributed by atoms with van der Waals surface area (Å²) in [6.07, 6.45) is 4.41. The van der Waals surface area contributed by atoms with Crippen LogP contribution < -0.4 is 16.8 Å². The monoisotopic (exact) mass is 440 g/mol. The highest BCUT2D eigenvalue weighted by Gasteiger charge is 2.21. The molecule has 33 heavy (non-hydrogen) atoms. The van der Waals surface area contributed by atoms with Gasteiger partial charge < -0.3 is 21.4 Å². The molecule has 1 aliphatic rings. The summed E-state index contributed by atoms with van der Waals surface area (Å²) >= 11 is 0. The number of hydrogen-bond acceptors (Lipinski definition) is 3. The van der Waals surface area contributed by atoms with Crippen molar-refractivity contribution in [3.63, 3.8) is 0 Å². The summed E-state index contributed by atoms with van der Waals surface area (Å²) in [5.41, 5.74) is 15.8. The van der Waals surface area contributed by atoms with Crippen molar-refractivity contribution in [3.8, 4) is 0 Å². The molecule has 1 aromatic heterocycles. The first kappa shape index (κ1) is 21.7. The van der Waals surface area contributed by atoms with Gasteiger partial charge in [-0.15, -0.1) is 0 Å². The minimum absolute atomic E-state index is 0.214. The molecule has 0 aliphatic heterocycles. The summed E-state index contributed by atoms with van der Waals surface area (Å²) < 4.78 is 2.06. The maximum atomic E-state index is 12.3. The normalized spacial score (nSPS) is 19.7. The van der Waals surface area contributed by atoms with Crippen LogP contribution in [-0.4, -0.2) is 22.6 Å². The number of nitrogens with zero attached hydrogens (tertiary/aromatic N) is 1. The van der Waals surface area contributed by atoms with Crippen LogP contribution in [0.4, 0.5) is 0 Å². The van der Waals surface area contributed by atoms with Gasteiger partial charge in [0.25, 0.3) is 5.91 Å². The number of rotatable bonds is 6. The highest BCUT2D eigenvalue weighted by Crippen LogP contribution is 2.28. The van der Waals surface area contributed by atoms with Gasteiger partial charge in [-0.1, -0.05) is 54.6 Å². The highest BCUT2D eigenvalue weighted by atomic mass is 16.1. The molecular formula is C28H32N4O. The second kappa shape index (κ2) is 9.00. The van der Waals surface area contributed by atoms with Gasteiger partial charge in [0.1, 0.15) is 5.69 Å². The molecule has 1 atom stereocenters. The minimum Gasteiger partial charge on any atom is -0.364 e. The van der Waals surface area contributed by atoms with Gasteiger partial charge in [0, 0.05) is 35.6 Å². The Morgan fingerprint density at radius 3 is 2.55 bits per heavy atom. The predicted octanol–water partition coefficient (Wildman–Crippen LogP) is 4.86. The first-order valence-electron chi connectivity index (χ1n) is 11.9. The highest BCUT2D eigenvalue weighted by molar-refractivity contribution is 5.98. The van der Waals surface area contributed by atoms with E-state index in [0.29, 0.717) is 24.3 Å². The number of carbonyl (C=O) groups excluding carboxylic acids is 1. The molecule has 1 fully saturated rings. The number of carbonyl (C=O) groups is 1. The van der Waals surface area contributed by atoms with E-state index in [2.05, 4.69) is 71.4 Å². The van der Waals surface area contributed by atoms with Crippen LogP contribution >= 0.6 is 0 Å². The predicted molar refractivity (Wildman–Crippen MR) is 135 cm³/mol. The Morgan fingerprint density at radius 2 is 1.76 bits per heavy atom. The number of fused-ring (bicyclic) bond motifs is 2. The topological polar surface area (TPSA) is 86.1 Å². The van der Waals surface area contributed by atoms with Crippen LogP contribution in [0.2, 0.25) is 0 Å².